The highest BCUT2D eigenvalue weighted by molar-refractivity contribution is 5.88. The minimum absolute atomic E-state index is 0.0983. The van der Waals surface area contributed by atoms with Gasteiger partial charge in [0.2, 0.25) is 5.91 Å². The molecule has 1 aliphatic carbocycles. The second-order valence-electron chi connectivity index (χ2n) is 5.78. The first-order valence-corrected chi connectivity index (χ1v) is 7.24. The van der Waals surface area contributed by atoms with Gasteiger partial charge in [-0.1, -0.05) is 0 Å². The lowest BCUT2D eigenvalue weighted by atomic mass is 9.98. The Morgan fingerprint density at radius 1 is 1.45 bits per heavy atom. The van der Waals surface area contributed by atoms with Crippen molar-refractivity contribution in [2.75, 3.05) is 6.54 Å². The normalized spacial score (nSPS) is 26.5. The van der Waals surface area contributed by atoms with Crippen LogP contribution in [0.1, 0.15) is 35.4 Å². The van der Waals surface area contributed by atoms with Gasteiger partial charge in [0.15, 0.2) is 6.04 Å². The topological polar surface area (TPSA) is 99.4 Å². The highest BCUT2D eigenvalue weighted by atomic mass is 16.4. The Morgan fingerprint density at radius 2 is 2.32 bits per heavy atom. The number of rotatable bonds is 3. The van der Waals surface area contributed by atoms with Gasteiger partial charge in [-0.25, -0.2) is 9.78 Å². The number of aromatic amines is 1. The smallest absolute Gasteiger partial charge is 0.331 e. The monoisotopic (exact) mass is 301 g/mol. The number of nitrogens with one attached hydrogen (secondary N) is 1. The SMILES string of the molecule is O=C(O)C1c2ccoc2CCN1C(=O)[C@@H]1C[C@H]1c1cnc[nH]1. The third-order valence-corrected chi connectivity index (χ3v) is 4.51. The lowest BCUT2D eigenvalue weighted by molar-refractivity contribution is -0.152. The molecule has 2 aliphatic rings. The molecule has 0 spiro atoms. The number of hydrogen-bond donors (Lipinski definition) is 2. The molecule has 22 heavy (non-hydrogen) atoms. The number of imidazole rings is 1. The molecule has 0 aromatic carbocycles. The van der Waals surface area contributed by atoms with Gasteiger partial charge >= 0.3 is 5.97 Å². The maximum Gasteiger partial charge on any atom is 0.331 e. The van der Waals surface area contributed by atoms with Gasteiger partial charge in [0.1, 0.15) is 5.76 Å². The molecule has 7 heteroatoms. The van der Waals surface area contributed by atoms with Crippen molar-refractivity contribution in [1.29, 1.82) is 0 Å². The van der Waals surface area contributed by atoms with Crippen LogP contribution in [-0.4, -0.2) is 38.4 Å². The van der Waals surface area contributed by atoms with Crippen LogP contribution < -0.4 is 0 Å². The quantitative estimate of drug-likeness (QED) is 0.890. The molecule has 1 saturated carbocycles. The number of carboxylic acid groups (broad SMARTS) is 1. The van der Waals surface area contributed by atoms with E-state index < -0.39 is 12.0 Å². The number of aromatic nitrogens is 2. The second kappa shape index (κ2) is 4.72. The van der Waals surface area contributed by atoms with E-state index in [1.54, 1.807) is 18.6 Å². The number of hydrogen-bond acceptors (Lipinski definition) is 4. The Bertz CT molecular complexity index is 721. The van der Waals surface area contributed by atoms with E-state index in [1.165, 1.54) is 11.2 Å². The van der Waals surface area contributed by atoms with Gasteiger partial charge in [-0.15, -0.1) is 0 Å². The third-order valence-electron chi connectivity index (χ3n) is 4.51. The number of fused-ring (bicyclic) bond motifs is 1. The first-order chi connectivity index (χ1) is 10.7. The van der Waals surface area contributed by atoms with Crippen molar-refractivity contribution in [3.8, 4) is 0 Å². The zero-order valence-electron chi connectivity index (χ0n) is 11.7. The Balaban J connectivity index is 1.57. The Hall–Kier alpha value is -2.57. The highest BCUT2D eigenvalue weighted by Crippen LogP contribution is 2.49. The Kier molecular flexibility index (Phi) is 2.82. The lowest BCUT2D eigenvalue weighted by Crippen LogP contribution is -2.44. The van der Waals surface area contributed by atoms with Crippen molar-refractivity contribution in [1.82, 2.24) is 14.9 Å². The molecule has 3 heterocycles. The van der Waals surface area contributed by atoms with Gasteiger partial charge in [0.05, 0.1) is 12.6 Å². The summed E-state index contributed by atoms with van der Waals surface area (Å²) in [5, 5.41) is 9.52. The summed E-state index contributed by atoms with van der Waals surface area (Å²) in [4.78, 5) is 32.8. The molecule has 2 aromatic rings. The summed E-state index contributed by atoms with van der Waals surface area (Å²) in [7, 11) is 0. The van der Waals surface area contributed by atoms with Crippen LogP contribution >= 0.6 is 0 Å². The third kappa shape index (κ3) is 1.93. The van der Waals surface area contributed by atoms with E-state index in [0.29, 0.717) is 24.3 Å². The molecule has 2 N–H and O–H groups in total. The number of H-pyrrole nitrogens is 1. The molecule has 2 aromatic heterocycles. The number of carbonyl (C=O) groups is 2. The van der Waals surface area contributed by atoms with E-state index in [-0.39, 0.29) is 17.7 Å². The zero-order chi connectivity index (χ0) is 15.3. The van der Waals surface area contributed by atoms with Gasteiger partial charge in [0, 0.05) is 42.3 Å². The van der Waals surface area contributed by atoms with Crippen molar-refractivity contribution < 1.29 is 19.1 Å². The first-order valence-electron chi connectivity index (χ1n) is 7.24. The molecule has 1 fully saturated rings. The maximum absolute atomic E-state index is 12.7. The number of carboxylic acids is 1. The fourth-order valence-electron chi connectivity index (χ4n) is 3.31. The maximum atomic E-state index is 12.7. The molecule has 1 unspecified atom stereocenters. The van der Waals surface area contributed by atoms with Gasteiger partial charge in [-0.05, 0) is 12.5 Å². The number of carbonyl (C=O) groups excluding carboxylic acids is 1. The van der Waals surface area contributed by atoms with Crippen molar-refractivity contribution >= 4 is 11.9 Å². The van der Waals surface area contributed by atoms with E-state index in [2.05, 4.69) is 9.97 Å². The van der Waals surface area contributed by atoms with E-state index in [1.807, 2.05) is 0 Å². The fourth-order valence-corrected chi connectivity index (χ4v) is 3.31. The molecule has 7 nitrogen and oxygen atoms in total. The highest BCUT2D eigenvalue weighted by Gasteiger charge is 2.49. The van der Waals surface area contributed by atoms with E-state index in [0.717, 1.165) is 12.1 Å². The molecule has 3 atom stereocenters. The van der Waals surface area contributed by atoms with Crippen LogP contribution in [0, 0.1) is 5.92 Å². The average Bonchev–Trinajstić information content (AvgIpc) is 2.92. The number of aliphatic carboxylic acids is 1. The van der Waals surface area contributed by atoms with Crippen molar-refractivity contribution in [3.63, 3.8) is 0 Å². The fraction of sp³-hybridized carbons (Fsp3) is 0.400. The van der Waals surface area contributed by atoms with Gasteiger partial charge in [-0.2, -0.15) is 0 Å². The number of nitrogens with zero attached hydrogens (tertiary/aromatic N) is 2. The lowest BCUT2D eigenvalue weighted by Gasteiger charge is -2.32. The van der Waals surface area contributed by atoms with Crippen LogP contribution in [0.4, 0.5) is 0 Å². The zero-order valence-corrected chi connectivity index (χ0v) is 11.7. The van der Waals surface area contributed by atoms with Crippen LogP contribution in [-0.2, 0) is 16.0 Å². The van der Waals surface area contributed by atoms with Gasteiger partial charge in [0.25, 0.3) is 0 Å². The summed E-state index contributed by atoms with van der Waals surface area (Å²) in [5.74, 6) is -0.489. The molecular weight excluding hydrogens is 286 g/mol. The molecule has 114 valence electrons. The molecular formula is C15H15N3O4. The summed E-state index contributed by atoms with van der Waals surface area (Å²) in [6.45, 7) is 0.377. The summed E-state index contributed by atoms with van der Waals surface area (Å²) in [5.41, 5.74) is 1.53. The molecule has 0 saturated heterocycles. The summed E-state index contributed by atoms with van der Waals surface area (Å²) in [6, 6.07) is 0.699. The van der Waals surface area contributed by atoms with Crippen LogP contribution in [0.5, 0.6) is 0 Å². The Morgan fingerprint density at radius 3 is 3.05 bits per heavy atom. The van der Waals surface area contributed by atoms with Crippen LogP contribution in [0.15, 0.2) is 29.3 Å². The number of amides is 1. The van der Waals surface area contributed by atoms with Crippen molar-refractivity contribution in [3.05, 3.63) is 41.9 Å². The minimum atomic E-state index is -1.02. The standard InChI is InChI=1S/C15H15N3O4/c19-14(10-5-9(10)11-6-16-7-17-11)18-3-1-12-8(2-4-22-12)13(18)15(20)21/h2,4,6-7,9-10,13H,1,3,5H2,(H,16,17)(H,20,21)/t9-,10-,13?/m1/s1. The molecule has 1 amide bonds. The van der Waals surface area contributed by atoms with Gasteiger partial charge in [-0.3, -0.25) is 4.79 Å². The molecule has 4 rings (SSSR count). The largest absolute Gasteiger partial charge is 0.479 e. The summed E-state index contributed by atoms with van der Waals surface area (Å²) in [6.07, 6.45) is 6.09. The molecule has 1 aliphatic heterocycles. The first kappa shape index (κ1) is 13.1. The van der Waals surface area contributed by atoms with Gasteiger partial charge < -0.3 is 19.4 Å². The molecule has 0 bridgehead atoms. The van der Waals surface area contributed by atoms with E-state index in [4.69, 9.17) is 4.42 Å². The number of furan rings is 1. The second-order valence-corrected chi connectivity index (χ2v) is 5.78. The summed E-state index contributed by atoms with van der Waals surface area (Å²) >= 11 is 0. The van der Waals surface area contributed by atoms with E-state index in [9.17, 15) is 14.7 Å². The van der Waals surface area contributed by atoms with Crippen LogP contribution in [0.3, 0.4) is 0 Å². The summed E-state index contributed by atoms with van der Waals surface area (Å²) < 4.78 is 5.31. The predicted octanol–water partition coefficient (Wildman–Crippen LogP) is 1.32. The van der Waals surface area contributed by atoms with Crippen molar-refractivity contribution in [2.45, 2.75) is 24.8 Å². The van der Waals surface area contributed by atoms with Crippen LogP contribution in [0.25, 0.3) is 0 Å². The minimum Gasteiger partial charge on any atom is -0.479 e. The average molecular weight is 301 g/mol. The molecule has 0 radical (unpaired) electrons. The predicted molar refractivity (Wildman–Crippen MR) is 73.9 cm³/mol. The van der Waals surface area contributed by atoms with E-state index >= 15 is 0 Å². The van der Waals surface area contributed by atoms with Crippen LogP contribution in [0.2, 0.25) is 0 Å². The Labute approximate surface area is 125 Å². The van der Waals surface area contributed by atoms with Crippen molar-refractivity contribution in [2.24, 2.45) is 5.92 Å².